The van der Waals surface area contributed by atoms with Crippen LogP contribution in [0.4, 0.5) is 0 Å². The molecule has 0 fully saturated rings. The normalized spacial score (nSPS) is 13.5. The van der Waals surface area contributed by atoms with Crippen molar-refractivity contribution in [1.29, 1.82) is 0 Å². The third-order valence-electron chi connectivity index (χ3n) is 2.00. The number of amides is 1. The second-order valence-electron chi connectivity index (χ2n) is 2.71. The minimum Gasteiger partial charge on any atom is -0.302 e. The maximum atomic E-state index is 11.4. The van der Waals surface area contributed by atoms with Gasteiger partial charge in [0.1, 0.15) is 4.99 Å². The molecular formula is C11H13NOS. The summed E-state index contributed by atoms with van der Waals surface area (Å²) in [5.41, 5.74) is 1.59. The first-order valence-electron chi connectivity index (χ1n) is 4.63. The van der Waals surface area contributed by atoms with Crippen molar-refractivity contribution in [3.8, 4) is 0 Å². The van der Waals surface area contributed by atoms with Gasteiger partial charge in [0, 0.05) is 12.6 Å². The number of benzene rings is 1. The predicted octanol–water partition coefficient (Wildman–Crippen LogP) is 2.47. The fourth-order valence-corrected chi connectivity index (χ4v) is 1.57. The van der Waals surface area contributed by atoms with E-state index in [1.807, 2.05) is 32.0 Å². The molecule has 1 aromatic rings. The van der Waals surface area contributed by atoms with Gasteiger partial charge in [0.2, 0.25) is 0 Å². The van der Waals surface area contributed by atoms with E-state index in [9.17, 15) is 4.79 Å². The lowest BCUT2D eigenvalue weighted by atomic mass is 10.1. The third-order valence-corrected chi connectivity index (χ3v) is 2.49. The number of carbonyl (C=O) groups excluding carboxylic acids is 1. The smallest absolute Gasteiger partial charge is 0.259 e. The summed E-state index contributed by atoms with van der Waals surface area (Å²) in [6.45, 7) is 4.00. The molecule has 0 saturated carbocycles. The lowest BCUT2D eigenvalue weighted by Crippen LogP contribution is -2.23. The molecule has 2 rings (SSSR count). The first kappa shape index (κ1) is 10.9. The van der Waals surface area contributed by atoms with Gasteiger partial charge in [-0.1, -0.05) is 44.3 Å². The van der Waals surface area contributed by atoms with E-state index in [1.165, 1.54) is 4.90 Å². The van der Waals surface area contributed by atoms with E-state index in [2.05, 4.69) is 0 Å². The summed E-state index contributed by atoms with van der Waals surface area (Å²) in [5.74, 6) is -0.00407. The zero-order chi connectivity index (χ0) is 10.7. The van der Waals surface area contributed by atoms with Crippen LogP contribution >= 0.6 is 12.2 Å². The standard InChI is InChI=1S/C9H7NOS.C2H6/c1-10-8(11)6-4-2-3-5-7(6)9(10)12;1-2/h2-5H,1H3;1-2H3. The summed E-state index contributed by atoms with van der Waals surface area (Å²) in [4.78, 5) is 13.6. The van der Waals surface area contributed by atoms with E-state index < -0.39 is 0 Å². The number of hydrogen-bond donors (Lipinski definition) is 0. The van der Waals surface area contributed by atoms with Gasteiger partial charge >= 0.3 is 0 Å². The van der Waals surface area contributed by atoms with Gasteiger partial charge in [-0.2, -0.15) is 0 Å². The number of nitrogens with zero attached hydrogens (tertiary/aromatic N) is 1. The quantitative estimate of drug-likeness (QED) is 0.609. The number of carbonyl (C=O) groups is 1. The first-order chi connectivity index (χ1) is 6.72. The van der Waals surface area contributed by atoms with Gasteiger partial charge in [-0.05, 0) is 6.07 Å². The lowest BCUT2D eigenvalue weighted by Gasteiger charge is -2.05. The summed E-state index contributed by atoms with van der Waals surface area (Å²) in [5, 5.41) is 0. The highest BCUT2D eigenvalue weighted by atomic mass is 32.1. The third kappa shape index (κ3) is 1.55. The van der Waals surface area contributed by atoms with Gasteiger partial charge < -0.3 is 4.90 Å². The number of hydrogen-bond acceptors (Lipinski definition) is 2. The molecule has 0 N–H and O–H groups in total. The van der Waals surface area contributed by atoms with Gasteiger partial charge in [0.05, 0.1) is 5.56 Å². The Morgan fingerprint density at radius 1 is 1.14 bits per heavy atom. The molecule has 0 unspecified atom stereocenters. The van der Waals surface area contributed by atoms with E-state index in [-0.39, 0.29) is 5.91 Å². The number of rotatable bonds is 0. The largest absolute Gasteiger partial charge is 0.302 e. The average Bonchev–Trinajstić information content (AvgIpc) is 2.48. The molecule has 74 valence electrons. The molecule has 0 aliphatic carbocycles. The van der Waals surface area contributed by atoms with Crippen LogP contribution < -0.4 is 0 Å². The van der Waals surface area contributed by atoms with Crippen LogP contribution in [0, 0.1) is 0 Å². The lowest BCUT2D eigenvalue weighted by molar-refractivity contribution is 0.0884. The maximum Gasteiger partial charge on any atom is 0.259 e. The van der Waals surface area contributed by atoms with Crippen LogP contribution in [0.1, 0.15) is 29.8 Å². The highest BCUT2D eigenvalue weighted by molar-refractivity contribution is 7.80. The predicted molar refractivity (Wildman–Crippen MR) is 61.6 cm³/mol. The van der Waals surface area contributed by atoms with Crippen LogP contribution in [-0.4, -0.2) is 22.8 Å². The zero-order valence-electron chi connectivity index (χ0n) is 8.57. The van der Waals surface area contributed by atoms with E-state index in [0.717, 1.165) is 5.56 Å². The van der Waals surface area contributed by atoms with Gasteiger partial charge in [-0.25, -0.2) is 0 Å². The van der Waals surface area contributed by atoms with E-state index in [0.29, 0.717) is 10.6 Å². The van der Waals surface area contributed by atoms with E-state index >= 15 is 0 Å². The minimum atomic E-state index is -0.00407. The minimum absolute atomic E-state index is 0.00407. The summed E-state index contributed by atoms with van der Waals surface area (Å²) in [6.07, 6.45) is 0. The molecule has 1 aliphatic heterocycles. The van der Waals surface area contributed by atoms with Crippen LogP contribution in [-0.2, 0) is 0 Å². The Morgan fingerprint density at radius 2 is 1.64 bits per heavy atom. The monoisotopic (exact) mass is 207 g/mol. The molecule has 1 amide bonds. The van der Waals surface area contributed by atoms with Crippen molar-refractivity contribution >= 4 is 23.1 Å². The summed E-state index contributed by atoms with van der Waals surface area (Å²) in [7, 11) is 1.70. The van der Waals surface area contributed by atoms with E-state index in [1.54, 1.807) is 13.1 Å². The van der Waals surface area contributed by atoms with Crippen LogP contribution in [0.5, 0.6) is 0 Å². The number of fused-ring (bicyclic) bond motifs is 1. The molecule has 1 heterocycles. The molecule has 0 saturated heterocycles. The Bertz CT molecular complexity index is 338. The maximum absolute atomic E-state index is 11.4. The van der Waals surface area contributed by atoms with Crippen molar-refractivity contribution in [2.45, 2.75) is 13.8 Å². The second-order valence-corrected chi connectivity index (χ2v) is 3.10. The molecule has 0 atom stereocenters. The fraction of sp³-hybridized carbons (Fsp3) is 0.273. The molecule has 14 heavy (non-hydrogen) atoms. The van der Waals surface area contributed by atoms with Crippen LogP contribution in [0.2, 0.25) is 0 Å². The van der Waals surface area contributed by atoms with Gasteiger partial charge in [0.25, 0.3) is 5.91 Å². The van der Waals surface area contributed by atoms with Crippen molar-refractivity contribution in [2.75, 3.05) is 7.05 Å². The highest BCUT2D eigenvalue weighted by Crippen LogP contribution is 2.21. The molecule has 1 aromatic carbocycles. The highest BCUT2D eigenvalue weighted by Gasteiger charge is 2.28. The Hall–Kier alpha value is -1.22. The first-order valence-corrected chi connectivity index (χ1v) is 5.04. The van der Waals surface area contributed by atoms with Crippen LogP contribution in [0.15, 0.2) is 24.3 Å². The Balaban J connectivity index is 0.000000461. The molecule has 0 aromatic heterocycles. The Morgan fingerprint density at radius 3 is 2.14 bits per heavy atom. The molecule has 0 bridgehead atoms. The molecule has 2 nitrogen and oxygen atoms in total. The summed E-state index contributed by atoms with van der Waals surface area (Å²) >= 11 is 5.08. The number of thiocarbonyl (C=S) groups is 1. The van der Waals surface area contributed by atoms with Crippen molar-refractivity contribution in [1.82, 2.24) is 4.90 Å². The van der Waals surface area contributed by atoms with Gasteiger partial charge in [0.15, 0.2) is 0 Å². The topological polar surface area (TPSA) is 20.3 Å². The zero-order valence-corrected chi connectivity index (χ0v) is 9.39. The van der Waals surface area contributed by atoms with Crippen molar-refractivity contribution in [2.24, 2.45) is 0 Å². The molecular weight excluding hydrogens is 194 g/mol. The van der Waals surface area contributed by atoms with E-state index in [4.69, 9.17) is 12.2 Å². The second kappa shape index (κ2) is 4.33. The van der Waals surface area contributed by atoms with Crippen molar-refractivity contribution in [3.63, 3.8) is 0 Å². The average molecular weight is 207 g/mol. The Kier molecular flexibility index (Phi) is 3.36. The summed E-state index contributed by atoms with van der Waals surface area (Å²) < 4.78 is 0. The molecule has 0 spiro atoms. The SMILES string of the molecule is CC.CN1C(=O)c2ccccc2C1=S. The molecule has 3 heteroatoms. The van der Waals surface area contributed by atoms with Gasteiger partial charge in [-0.3, -0.25) is 4.79 Å². The van der Waals surface area contributed by atoms with Crippen molar-refractivity contribution in [3.05, 3.63) is 35.4 Å². The molecule has 1 aliphatic rings. The molecule has 0 radical (unpaired) electrons. The fourth-order valence-electron chi connectivity index (χ4n) is 1.31. The van der Waals surface area contributed by atoms with Crippen LogP contribution in [0.3, 0.4) is 0 Å². The summed E-state index contributed by atoms with van der Waals surface area (Å²) in [6, 6.07) is 7.41. The Labute approximate surface area is 89.5 Å². The van der Waals surface area contributed by atoms with Crippen molar-refractivity contribution < 1.29 is 4.79 Å². The van der Waals surface area contributed by atoms with Gasteiger partial charge in [-0.15, -0.1) is 0 Å². The van der Waals surface area contributed by atoms with Crippen LogP contribution in [0.25, 0.3) is 0 Å².